The van der Waals surface area contributed by atoms with Gasteiger partial charge in [-0.1, -0.05) is 78.3 Å². The van der Waals surface area contributed by atoms with E-state index >= 15 is 0 Å². The molecule has 0 saturated carbocycles. The molecule has 7 heteroatoms. The topological polar surface area (TPSA) is 57.7 Å². The summed E-state index contributed by atoms with van der Waals surface area (Å²) in [6.07, 6.45) is 0. The molecule has 35 heavy (non-hydrogen) atoms. The lowest BCUT2D eigenvalue weighted by molar-refractivity contribution is 0.0985. The van der Waals surface area contributed by atoms with Crippen LogP contribution in [-0.2, 0) is 16.6 Å². The highest BCUT2D eigenvalue weighted by atomic mass is 35.5. The standard InChI is InChI=1S/C28H25ClN2O3S/c1-2-31(24-16-10-5-11-17-24)35(33,34)25-18-19-27(29)26(20-25)28(32)30(23-14-8-4-9-15-23)21-22-12-6-3-7-13-22/h3-20H,2,21H2,1H3. The highest BCUT2D eigenvalue weighted by molar-refractivity contribution is 7.92. The maximum atomic E-state index is 13.8. The van der Waals surface area contributed by atoms with Crippen molar-refractivity contribution in [2.24, 2.45) is 0 Å². The molecular weight excluding hydrogens is 480 g/mol. The van der Waals surface area contributed by atoms with Gasteiger partial charge in [-0.25, -0.2) is 8.42 Å². The summed E-state index contributed by atoms with van der Waals surface area (Å²) in [5.41, 5.74) is 2.29. The summed E-state index contributed by atoms with van der Waals surface area (Å²) < 4.78 is 28.4. The van der Waals surface area contributed by atoms with Crippen LogP contribution in [0, 0.1) is 0 Å². The summed E-state index contributed by atoms with van der Waals surface area (Å²) in [5.74, 6) is -0.384. The van der Waals surface area contributed by atoms with Crippen molar-refractivity contribution in [3.8, 4) is 0 Å². The molecular formula is C28H25ClN2O3S. The monoisotopic (exact) mass is 504 g/mol. The molecule has 0 aromatic heterocycles. The average molecular weight is 505 g/mol. The van der Waals surface area contributed by atoms with Crippen LogP contribution < -0.4 is 9.21 Å². The molecule has 0 saturated heterocycles. The number of benzene rings is 4. The molecule has 0 radical (unpaired) electrons. The molecule has 178 valence electrons. The molecule has 0 N–H and O–H groups in total. The van der Waals surface area contributed by atoms with Crippen molar-refractivity contribution in [1.82, 2.24) is 0 Å². The van der Waals surface area contributed by atoms with Gasteiger partial charge in [0.15, 0.2) is 0 Å². The normalized spacial score (nSPS) is 11.1. The molecule has 0 aliphatic heterocycles. The van der Waals surface area contributed by atoms with Crippen molar-refractivity contribution < 1.29 is 13.2 Å². The molecule has 0 atom stereocenters. The third-order valence-electron chi connectivity index (χ3n) is 5.58. The van der Waals surface area contributed by atoms with Crippen LogP contribution in [0.5, 0.6) is 0 Å². The minimum absolute atomic E-state index is 0.00340. The molecule has 0 unspecified atom stereocenters. The number of carbonyl (C=O) groups is 1. The van der Waals surface area contributed by atoms with Gasteiger partial charge in [0.25, 0.3) is 15.9 Å². The van der Waals surface area contributed by atoms with Gasteiger partial charge >= 0.3 is 0 Å². The van der Waals surface area contributed by atoms with Gasteiger partial charge < -0.3 is 4.90 Å². The lowest BCUT2D eigenvalue weighted by atomic mass is 10.1. The first-order valence-electron chi connectivity index (χ1n) is 11.2. The Morgan fingerprint density at radius 3 is 1.89 bits per heavy atom. The van der Waals surface area contributed by atoms with Crippen LogP contribution in [0.4, 0.5) is 11.4 Å². The van der Waals surface area contributed by atoms with Crippen LogP contribution in [0.15, 0.2) is 114 Å². The number of sulfonamides is 1. The first-order chi connectivity index (χ1) is 16.9. The summed E-state index contributed by atoms with van der Waals surface area (Å²) in [6.45, 7) is 2.31. The Balaban J connectivity index is 1.75. The van der Waals surface area contributed by atoms with Gasteiger partial charge in [-0.05, 0) is 55.0 Å². The number of nitrogens with zero attached hydrogens (tertiary/aromatic N) is 2. The molecule has 0 heterocycles. The number of halogens is 1. The first-order valence-corrected chi connectivity index (χ1v) is 13.0. The van der Waals surface area contributed by atoms with Crippen molar-refractivity contribution in [3.63, 3.8) is 0 Å². The lowest BCUT2D eigenvalue weighted by Gasteiger charge is -2.25. The van der Waals surface area contributed by atoms with Crippen molar-refractivity contribution in [2.45, 2.75) is 18.4 Å². The van der Waals surface area contributed by atoms with Gasteiger partial charge in [0, 0.05) is 12.2 Å². The van der Waals surface area contributed by atoms with Crippen LogP contribution in [0.2, 0.25) is 5.02 Å². The predicted octanol–water partition coefficient (Wildman–Crippen LogP) is 6.40. The molecule has 0 spiro atoms. The van der Waals surface area contributed by atoms with E-state index in [1.54, 1.807) is 36.1 Å². The Hall–Kier alpha value is -3.61. The summed E-state index contributed by atoms with van der Waals surface area (Å²) >= 11 is 6.45. The Kier molecular flexibility index (Phi) is 7.54. The quantitative estimate of drug-likeness (QED) is 0.279. The summed E-state index contributed by atoms with van der Waals surface area (Å²) in [4.78, 5) is 15.4. The molecule has 5 nitrogen and oxygen atoms in total. The van der Waals surface area contributed by atoms with E-state index in [0.717, 1.165) is 5.56 Å². The Bertz CT molecular complexity index is 1400. The number of hydrogen-bond acceptors (Lipinski definition) is 3. The molecule has 0 aliphatic rings. The van der Waals surface area contributed by atoms with Gasteiger partial charge in [0.05, 0.1) is 27.7 Å². The van der Waals surface area contributed by atoms with Crippen molar-refractivity contribution >= 4 is 38.9 Å². The Morgan fingerprint density at radius 1 is 0.771 bits per heavy atom. The third kappa shape index (κ3) is 5.39. The molecule has 0 bridgehead atoms. The van der Waals surface area contributed by atoms with Crippen molar-refractivity contribution in [1.29, 1.82) is 0 Å². The zero-order chi connectivity index (χ0) is 24.8. The zero-order valence-corrected chi connectivity index (χ0v) is 20.8. The van der Waals surface area contributed by atoms with E-state index in [-0.39, 0.29) is 27.9 Å². The number of para-hydroxylation sites is 2. The fourth-order valence-corrected chi connectivity index (χ4v) is 5.54. The van der Waals surface area contributed by atoms with E-state index in [2.05, 4.69) is 0 Å². The van der Waals surface area contributed by atoms with Crippen LogP contribution in [0.3, 0.4) is 0 Å². The second-order valence-corrected chi connectivity index (χ2v) is 10.1. The van der Waals surface area contributed by atoms with E-state index in [9.17, 15) is 13.2 Å². The zero-order valence-electron chi connectivity index (χ0n) is 19.2. The second kappa shape index (κ2) is 10.8. The molecule has 0 fully saturated rings. The minimum atomic E-state index is -3.92. The van der Waals surface area contributed by atoms with Crippen molar-refractivity contribution in [3.05, 3.63) is 125 Å². The predicted molar refractivity (Wildman–Crippen MR) is 141 cm³/mol. The summed E-state index contributed by atoms with van der Waals surface area (Å²) in [7, 11) is -3.92. The Morgan fingerprint density at radius 2 is 1.31 bits per heavy atom. The molecule has 1 amide bonds. The maximum absolute atomic E-state index is 13.8. The minimum Gasteiger partial charge on any atom is -0.304 e. The van der Waals surface area contributed by atoms with Crippen LogP contribution >= 0.6 is 11.6 Å². The van der Waals surface area contributed by atoms with Crippen LogP contribution in [0.1, 0.15) is 22.8 Å². The first kappa shape index (κ1) is 24.5. The van der Waals surface area contributed by atoms with E-state index in [1.165, 1.54) is 22.5 Å². The number of hydrogen-bond donors (Lipinski definition) is 0. The van der Waals surface area contributed by atoms with Gasteiger partial charge in [-0.2, -0.15) is 0 Å². The highest BCUT2D eigenvalue weighted by Gasteiger charge is 2.27. The lowest BCUT2D eigenvalue weighted by Crippen LogP contribution is -2.32. The molecule has 0 aliphatic carbocycles. The van der Waals surface area contributed by atoms with Gasteiger partial charge in [0.1, 0.15) is 0 Å². The average Bonchev–Trinajstić information content (AvgIpc) is 2.89. The number of amides is 1. The summed E-state index contributed by atoms with van der Waals surface area (Å²) in [6, 6.07) is 32.0. The summed E-state index contributed by atoms with van der Waals surface area (Å²) in [5, 5.41) is 0.186. The number of rotatable bonds is 8. The number of anilines is 2. The van der Waals surface area contributed by atoms with E-state index in [1.807, 2.05) is 66.7 Å². The van der Waals surface area contributed by atoms with Gasteiger partial charge in [-0.15, -0.1) is 0 Å². The van der Waals surface area contributed by atoms with Crippen LogP contribution in [0.25, 0.3) is 0 Å². The smallest absolute Gasteiger partial charge is 0.264 e. The molecule has 4 aromatic carbocycles. The van der Waals surface area contributed by atoms with Gasteiger partial charge in [-0.3, -0.25) is 9.10 Å². The van der Waals surface area contributed by atoms with Crippen molar-refractivity contribution in [2.75, 3.05) is 15.7 Å². The maximum Gasteiger partial charge on any atom is 0.264 e. The van der Waals surface area contributed by atoms with Gasteiger partial charge in [0.2, 0.25) is 0 Å². The van der Waals surface area contributed by atoms with E-state index < -0.39 is 10.0 Å². The second-order valence-electron chi connectivity index (χ2n) is 7.86. The fraction of sp³-hybridized carbons (Fsp3) is 0.107. The highest BCUT2D eigenvalue weighted by Crippen LogP contribution is 2.29. The third-order valence-corrected chi connectivity index (χ3v) is 7.81. The van der Waals surface area contributed by atoms with Crippen LogP contribution in [-0.4, -0.2) is 20.9 Å². The SMILES string of the molecule is CCN(c1ccccc1)S(=O)(=O)c1ccc(Cl)c(C(=O)N(Cc2ccccc2)c2ccccc2)c1. The number of carbonyl (C=O) groups excluding carboxylic acids is 1. The largest absolute Gasteiger partial charge is 0.304 e. The fourth-order valence-electron chi connectivity index (χ4n) is 3.84. The van der Waals surface area contributed by atoms with E-state index in [0.29, 0.717) is 17.9 Å². The molecule has 4 aromatic rings. The molecule has 4 rings (SSSR count). The van der Waals surface area contributed by atoms with E-state index in [4.69, 9.17) is 11.6 Å². The Labute approximate surface area is 211 Å².